The van der Waals surface area contributed by atoms with E-state index in [0.29, 0.717) is 11.4 Å². The molecule has 0 aliphatic rings. The predicted molar refractivity (Wildman–Crippen MR) is 106 cm³/mol. The lowest BCUT2D eigenvalue weighted by molar-refractivity contribution is 0.110. The number of nitrogens with zero attached hydrogens (tertiary/aromatic N) is 2. The fourth-order valence-electron chi connectivity index (χ4n) is 2.32. The Morgan fingerprint density at radius 3 is 1.60 bits per heavy atom. The molecule has 30 heavy (non-hydrogen) atoms. The lowest BCUT2D eigenvalue weighted by atomic mass is 10.2. The highest BCUT2D eigenvalue weighted by Gasteiger charge is 2.07. The summed E-state index contributed by atoms with van der Waals surface area (Å²) in [6, 6.07) is 13.4. The zero-order valence-electron chi connectivity index (χ0n) is 15.8. The van der Waals surface area contributed by atoms with Crippen molar-refractivity contribution in [2.24, 2.45) is 9.98 Å². The number of rotatable bonds is 9. The normalized spacial score (nSPS) is 9.47. The van der Waals surface area contributed by atoms with E-state index in [4.69, 9.17) is 9.47 Å². The molecule has 0 bridgehead atoms. The second kappa shape index (κ2) is 12.2. The fourth-order valence-corrected chi connectivity index (χ4v) is 2.32. The van der Waals surface area contributed by atoms with Gasteiger partial charge in [0.25, 0.3) is 0 Å². The van der Waals surface area contributed by atoms with Gasteiger partial charge in [0.2, 0.25) is 12.2 Å². The number of nitrogens with one attached hydrogen (secondary N) is 2. The summed E-state index contributed by atoms with van der Waals surface area (Å²) in [5.41, 5.74) is 2.38. The summed E-state index contributed by atoms with van der Waals surface area (Å²) in [5, 5.41) is 5.03. The summed E-state index contributed by atoms with van der Waals surface area (Å²) in [6.45, 7) is 0.0133. The lowest BCUT2D eigenvalue weighted by Crippen LogP contribution is -2.20. The van der Waals surface area contributed by atoms with E-state index in [0.717, 1.165) is 11.1 Å². The van der Waals surface area contributed by atoms with Crippen molar-refractivity contribution < 1.29 is 28.7 Å². The van der Waals surface area contributed by atoms with E-state index < -0.39 is 12.2 Å². The lowest BCUT2D eigenvalue weighted by Gasteiger charge is -2.09. The highest BCUT2D eigenvalue weighted by Crippen LogP contribution is 2.13. The molecule has 2 aromatic carbocycles. The molecular formula is C20H18N4O6. The monoisotopic (exact) mass is 410 g/mol. The predicted octanol–water partition coefficient (Wildman–Crippen LogP) is 3.16. The van der Waals surface area contributed by atoms with Gasteiger partial charge < -0.3 is 9.47 Å². The zero-order valence-corrected chi connectivity index (χ0v) is 15.8. The minimum Gasteiger partial charge on any atom is -0.446 e. The first-order valence-corrected chi connectivity index (χ1v) is 8.73. The number of amides is 2. The molecule has 0 atom stereocenters. The molecule has 0 radical (unpaired) electrons. The third-order valence-electron chi connectivity index (χ3n) is 3.55. The van der Waals surface area contributed by atoms with Crippen molar-refractivity contribution in [2.75, 3.05) is 23.8 Å². The van der Waals surface area contributed by atoms with E-state index in [9.17, 15) is 19.2 Å². The van der Waals surface area contributed by atoms with Crippen LogP contribution >= 0.6 is 0 Å². The number of hydrogen-bond donors (Lipinski definition) is 2. The highest BCUT2D eigenvalue weighted by atomic mass is 16.6. The molecule has 0 aliphatic heterocycles. The molecule has 2 aromatic rings. The molecule has 0 unspecified atom stereocenters. The van der Waals surface area contributed by atoms with Gasteiger partial charge in [-0.15, -0.1) is 0 Å². The molecule has 154 valence electrons. The SMILES string of the molecule is O=C=NCc1cccc(NC(=O)OCCOC(=O)Nc2cccc(CN=C=O)c2)c1. The second-order valence-corrected chi connectivity index (χ2v) is 5.74. The Morgan fingerprint density at radius 1 is 0.767 bits per heavy atom. The molecule has 2 rings (SSSR count). The minimum absolute atomic E-state index is 0.150. The number of aliphatic imine (C=N–C) groups is 2. The molecule has 10 nitrogen and oxygen atoms in total. The average molecular weight is 410 g/mol. The van der Waals surface area contributed by atoms with Gasteiger partial charge in [-0.2, -0.15) is 0 Å². The summed E-state index contributed by atoms with van der Waals surface area (Å²) < 4.78 is 9.88. The Bertz CT molecular complexity index is 901. The highest BCUT2D eigenvalue weighted by molar-refractivity contribution is 5.85. The number of hydrogen-bond acceptors (Lipinski definition) is 8. The molecule has 0 aromatic heterocycles. The molecule has 0 saturated carbocycles. The van der Waals surface area contributed by atoms with Gasteiger partial charge in [0, 0.05) is 11.4 Å². The van der Waals surface area contributed by atoms with Crippen LogP contribution in [0.15, 0.2) is 58.5 Å². The number of isocyanates is 2. The molecule has 0 saturated heterocycles. The van der Waals surface area contributed by atoms with Crippen molar-refractivity contribution in [3.8, 4) is 0 Å². The molecule has 0 aliphatic carbocycles. The quantitative estimate of drug-likeness (QED) is 0.370. The molecule has 2 N–H and O–H groups in total. The van der Waals surface area contributed by atoms with Crippen LogP contribution in [0.2, 0.25) is 0 Å². The Labute approximate surface area is 171 Å². The first-order valence-electron chi connectivity index (χ1n) is 8.73. The van der Waals surface area contributed by atoms with Crippen LogP contribution in [0.25, 0.3) is 0 Å². The number of carbonyl (C=O) groups is 2. The second-order valence-electron chi connectivity index (χ2n) is 5.74. The Morgan fingerprint density at radius 2 is 1.20 bits per heavy atom. The number of benzene rings is 2. The smallest absolute Gasteiger partial charge is 0.411 e. The van der Waals surface area contributed by atoms with Gasteiger partial charge >= 0.3 is 12.2 Å². The minimum atomic E-state index is -0.724. The third-order valence-corrected chi connectivity index (χ3v) is 3.55. The van der Waals surface area contributed by atoms with Gasteiger partial charge in [-0.3, -0.25) is 10.6 Å². The maximum atomic E-state index is 11.8. The van der Waals surface area contributed by atoms with Gasteiger partial charge in [0.05, 0.1) is 13.1 Å². The first kappa shape index (κ1) is 22.0. The van der Waals surface area contributed by atoms with Crippen LogP contribution in [0.5, 0.6) is 0 Å². The average Bonchev–Trinajstić information content (AvgIpc) is 2.74. The van der Waals surface area contributed by atoms with Crippen LogP contribution in [0, 0.1) is 0 Å². The topological polar surface area (TPSA) is 136 Å². The van der Waals surface area contributed by atoms with Gasteiger partial charge in [-0.25, -0.2) is 29.2 Å². The van der Waals surface area contributed by atoms with Crippen molar-refractivity contribution >= 4 is 35.7 Å². The summed E-state index contributed by atoms with van der Waals surface area (Å²) in [4.78, 5) is 50.8. The summed E-state index contributed by atoms with van der Waals surface area (Å²) in [7, 11) is 0. The van der Waals surface area contributed by atoms with Crippen molar-refractivity contribution in [1.82, 2.24) is 0 Å². The van der Waals surface area contributed by atoms with Crippen LogP contribution in [0.1, 0.15) is 11.1 Å². The standard InChI is InChI=1S/C20H18N4O6/c25-13-21-11-15-3-1-5-17(9-15)23-19(27)29-7-8-30-20(28)24-18-6-2-4-16(10-18)12-22-14-26/h1-6,9-10H,7-8,11-12H2,(H,23,27)(H,24,28). The van der Waals surface area contributed by atoms with Crippen molar-refractivity contribution in [3.05, 3.63) is 59.7 Å². The summed E-state index contributed by atoms with van der Waals surface area (Å²) in [6.07, 6.45) is 1.44. The maximum absolute atomic E-state index is 11.8. The maximum Gasteiger partial charge on any atom is 0.411 e. The Kier molecular flexibility index (Phi) is 9.00. The van der Waals surface area contributed by atoms with E-state index in [1.165, 1.54) is 12.2 Å². The van der Waals surface area contributed by atoms with Gasteiger partial charge in [-0.05, 0) is 35.4 Å². The molecule has 2 amide bonds. The third kappa shape index (κ3) is 8.18. The van der Waals surface area contributed by atoms with Crippen LogP contribution in [-0.2, 0) is 32.2 Å². The molecular weight excluding hydrogens is 392 g/mol. The van der Waals surface area contributed by atoms with Crippen LogP contribution in [0.4, 0.5) is 21.0 Å². The first-order chi connectivity index (χ1) is 14.6. The van der Waals surface area contributed by atoms with E-state index in [2.05, 4.69) is 20.6 Å². The number of anilines is 2. The fraction of sp³-hybridized carbons (Fsp3) is 0.200. The van der Waals surface area contributed by atoms with Crippen LogP contribution in [-0.4, -0.2) is 37.6 Å². The summed E-state index contributed by atoms with van der Waals surface area (Å²) >= 11 is 0. The number of ether oxygens (including phenoxy) is 2. The molecule has 10 heteroatoms. The largest absolute Gasteiger partial charge is 0.446 e. The Hall–Kier alpha value is -4.26. The summed E-state index contributed by atoms with van der Waals surface area (Å²) in [5.74, 6) is 0. The van der Waals surface area contributed by atoms with Gasteiger partial charge in [0.1, 0.15) is 13.2 Å². The molecule has 0 fully saturated rings. The van der Waals surface area contributed by atoms with Gasteiger partial charge in [-0.1, -0.05) is 24.3 Å². The van der Waals surface area contributed by atoms with Crippen LogP contribution < -0.4 is 10.6 Å². The molecule has 0 heterocycles. The Balaban J connectivity index is 1.70. The van der Waals surface area contributed by atoms with E-state index >= 15 is 0 Å². The van der Waals surface area contributed by atoms with Crippen LogP contribution in [0.3, 0.4) is 0 Å². The van der Waals surface area contributed by atoms with E-state index in [1.54, 1.807) is 48.5 Å². The van der Waals surface area contributed by atoms with Crippen molar-refractivity contribution in [2.45, 2.75) is 13.1 Å². The van der Waals surface area contributed by atoms with Gasteiger partial charge in [0.15, 0.2) is 0 Å². The molecule has 0 spiro atoms. The van der Waals surface area contributed by atoms with Crippen molar-refractivity contribution in [1.29, 1.82) is 0 Å². The van der Waals surface area contributed by atoms with E-state index in [-0.39, 0.29) is 26.3 Å². The van der Waals surface area contributed by atoms with Crippen molar-refractivity contribution in [3.63, 3.8) is 0 Å². The zero-order chi connectivity index (χ0) is 21.6. The number of carbonyl (C=O) groups excluding carboxylic acids is 4. The van der Waals surface area contributed by atoms with E-state index in [1.807, 2.05) is 0 Å².